The molecule has 3 N–H and O–H groups in total. The van der Waals surface area contributed by atoms with Crippen molar-refractivity contribution >= 4 is 11.6 Å². The number of para-hydroxylation sites is 2. The summed E-state index contributed by atoms with van der Waals surface area (Å²) < 4.78 is 5.56. The van der Waals surface area contributed by atoms with Gasteiger partial charge in [-0.05, 0) is 31.9 Å². The third-order valence-corrected chi connectivity index (χ3v) is 3.76. The highest BCUT2D eigenvalue weighted by atomic mass is 16.5. The molecule has 1 aromatic carbocycles. The Labute approximate surface area is 128 Å². The summed E-state index contributed by atoms with van der Waals surface area (Å²) in [4.78, 5) is 12.8. The third-order valence-electron chi connectivity index (χ3n) is 3.76. The Bertz CT molecular complexity index is 440. The van der Waals surface area contributed by atoms with Crippen LogP contribution in [-0.2, 0) is 4.79 Å². The number of hydrogen-bond donors (Lipinski definition) is 2. The van der Waals surface area contributed by atoms with Crippen LogP contribution >= 0.6 is 0 Å². The number of anilines is 1. The van der Waals surface area contributed by atoms with E-state index < -0.39 is 5.41 Å². The molecule has 0 spiro atoms. The van der Waals surface area contributed by atoms with Gasteiger partial charge in [0.05, 0.1) is 17.7 Å². The van der Waals surface area contributed by atoms with E-state index in [-0.39, 0.29) is 5.91 Å². The minimum Gasteiger partial charge on any atom is -0.492 e. The molecule has 118 valence electrons. The van der Waals surface area contributed by atoms with Crippen molar-refractivity contribution in [2.75, 3.05) is 18.5 Å². The molecule has 0 bridgehead atoms. The first-order valence-electron chi connectivity index (χ1n) is 7.86. The summed E-state index contributed by atoms with van der Waals surface area (Å²) in [6, 6.07) is 7.52. The van der Waals surface area contributed by atoms with Gasteiger partial charge in [0.2, 0.25) is 5.91 Å². The SMILES string of the molecule is CCCC(CN)(CCC)C(=O)Nc1ccccc1OCC. The van der Waals surface area contributed by atoms with E-state index in [1.807, 2.05) is 31.2 Å². The Balaban J connectivity index is 2.96. The van der Waals surface area contributed by atoms with Crippen LogP contribution in [0.25, 0.3) is 0 Å². The van der Waals surface area contributed by atoms with Crippen LogP contribution in [0.2, 0.25) is 0 Å². The summed E-state index contributed by atoms with van der Waals surface area (Å²) in [6.45, 7) is 7.04. The fourth-order valence-electron chi connectivity index (χ4n) is 2.71. The zero-order valence-corrected chi connectivity index (χ0v) is 13.4. The van der Waals surface area contributed by atoms with Crippen LogP contribution in [0, 0.1) is 5.41 Å². The van der Waals surface area contributed by atoms with E-state index in [2.05, 4.69) is 19.2 Å². The third kappa shape index (κ3) is 4.46. The van der Waals surface area contributed by atoms with Gasteiger partial charge in [-0.1, -0.05) is 38.8 Å². The molecule has 0 radical (unpaired) electrons. The maximum atomic E-state index is 12.8. The Morgan fingerprint density at radius 2 is 1.81 bits per heavy atom. The predicted octanol–water partition coefficient (Wildman–Crippen LogP) is 3.57. The van der Waals surface area contributed by atoms with Crippen molar-refractivity contribution in [3.8, 4) is 5.75 Å². The molecule has 21 heavy (non-hydrogen) atoms. The van der Waals surface area contributed by atoms with E-state index in [1.165, 1.54) is 0 Å². The summed E-state index contributed by atoms with van der Waals surface area (Å²) in [5.74, 6) is 0.702. The van der Waals surface area contributed by atoms with Crippen LogP contribution in [0.15, 0.2) is 24.3 Å². The first kappa shape index (κ1) is 17.5. The maximum absolute atomic E-state index is 12.8. The van der Waals surface area contributed by atoms with Gasteiger partial charge in [-0.25, -0.2) is 0 Å². The van der Waals surface area contributed by atoms with Gasteiger partial charge in [0.15, 0.2) is 0 Å². The van der Waals surface area contributed by atoms with E-state index >= 15 is 0 Å². The number of ether oxygens (including phenoxy) is 1. The minimum atomic E-state index is -0.483. The van der Waals surface area contributed by atoms with Crippen molar-refractivity contribution in [1.82, 2.24) is 0 Å². The van der Waals surface area contributed by atoms with Gasteiger partial charge in [-0.2, -0.15) is 0 Å². The highest BCUT2D eigenvalue weighted by molar-refractivity contribution is 5.96. The van der Waals surface area contributed by atoms with Crippen LogP contribution in [0.4, 0.5) is 5.69 Å². The van der Waals surface area contributed by atoms with Gasteiger partial charge in [-0.3, -0.25) is 4.79 Å². The van der Waals surface area contributed by atoms with Crippen molar-refractivity contribution in [3.63, 3.8) is 0 Å². The summed E-state index contributed by atoms with van der Waals surface area (Å²) in [6.07, 6.45) is 3.50. The molecule has 0 heterocycles. The second-order valence-electron chi connectivity index (χ2n) is 5.37. The molecule has 0 saturated carbocycles. The second kappa shape index (κ2) is 8.67. The van der Waals surface area contributed by atoms with Crippen molar-refractivity contribution in [1.29, 1.82) is 0 Å². The zero-order chi connectivity index (χ0) is 15.7. The fourth-order valence-corrected chi connectivity index (χ4v) is 2.71. The quantitative estimate of drug-likeness (QED) is 0.731. The zero-order valence-electron chi connectivity index (χ0n) is 13.4. The van der Waals surface area contributed by atoms with Crippen LogP contribution in [0.5, 0.6) is 5.75 Å². The molecule has 1 aromatic rings. The van der Waals surface area contributed by atoms with Crippen molar-refractivity contribution in [3.05, 3.63) is 24.3 Å². The lowest BCUT2D eigenvalue weighted by Gasteiger charge is -2.31. The fraction of sp³-hybridized carbons (Fsp3) is 0.588. The number of nitrogens with one attached hydrogen (secondary N) is 1. The summed E-state index contributed by atoms with van der Waals surface area (Å²) in [5, 5.41) is 3.01. The van der Waals surface area contributed by atoms with Crippen molar-refractivity contribution < 1.29 is 9.53 Å². The van der Waals surface area contributed by atoms with E-state index in [0.29, 0.717) is 18.9 Å². The van der Waals surface area contributed by atoms with Crippen LogP contribution in [0.3, 0.4) is 0 Å². The smallest absolute Gasteiger partial charge is 0.231 e. The Morgan fingerprint density at radius 1 is 1.19 bits per heavy atom. The first-order chi connectivity index (χ1) is 10.1. The number of benzene rings is 1. The molecule has 4 nitrogen and oxygen atoms in total. The maximum Gasteiger partial charge on any atom is 0.231 e. The molecule has 0 saturated heterocycles. The van der Waals surface area contributed by atoms with Gasteiger partial charge in [0.25, 0.3) is 0 Å². The number of hydrogen-bond acceptors (Lipinski definition) is 3. The molecule has 1 amide bonds. The Morgan fingerprint density at radius 3 is 2.33 bits per heavy atom. The standard InChI is InChI=1S/C17H28N2O2/c1-4-11-17(13-18,12-5-2)16(20)19-14-9-7-8-10-15(14)21-6-3/h7-10H,4-6,11-13,18H2,1-3H3,(H,19,20). The largest absolute Gasteiger partial charge is 0.492 e. The molecule has 0 aliphatic rings. The van der Waals surface area contributed by atoms with E-state index in [4.69, 9.17) is 10.5 Å². The van der Waals surface area contributed by atoms with Crippen molar-refractivity contribution in [2.24, 2.45) is 11.1 Å². The van der Waals surface area contributed by atoms with Gasteiger partial charge >= 0.3 is 0 Å². The van der Waals surface area contributed by atoms with Crippen LogP contribution in [-0.4, -0.2) is 19.1 Å². The van der Waals surface area contributed by atoms with Gasteiger partial charge in [-0.15, -0.1) is 0 Å². The van der Waals surface area contributed by atoms with E-state index in [0.717, 1.165) is 31.4 Å². The highest BCUT2D eigenvalue weighted by Crippen LogP contribution is 2.32. The normalized spacial score (nSPS) is 11.2. The molecule has 4 heteroatoms. The molecule has 0 aliphatic carbocycles. The average Bonchev–Trinajstić information content (AvgIpc) is 2.49. The average molecular weight is 292 g/mol. The molecular formula is C17H28N2O2. The Hall–Kier alpha value is -1.55. The van der Waals surface area contributed by atoms with Crippen LogP contribution in [0.1, 0.15) is 46.5 Å². The number of nitrogens with two attached hydrogens (primary N) is 1. The predicted molar refractivity (Wildman–Crippen MR) is 87.5 cm³/mol. The number of rotatable bonds is 9. The van der Waals surface area contributed by atoms with E-state index in [9.17, 15) is 4.79 Å². The van der Waals surface area contributed by atoms with Crippen LogP contribution < -0.4 is 15.8 Å². The molecule has 0 unspecified atom stereocenters. The first-order valence-corrected chi connectivity index (χ1v) is 7.86. The molecule has 0 aliphatic heterocycles. The molecule has 1 rings (SSSR count). The number of amides is 1. The summed E-state index contributed by atoms with van der Waals surface area (Å²) >= 11 is 0. The topological polar surface area (TPSA) is 64.4 Å². The summed E-state index contributed by atoms with van der Waals surface area (Å²) in [5.41, 5.74) is 6.17. The summed E-state index contributed by atoms with van der Waals surface area (Å²) in [7, 11) is 0. The lowest BCUT2D eigenvalue weighted by atomic mass is 9.78. The molecule has 0 fully saturated rings. The van der Waals surface area contributed by atoms with Crippen molar-refractivity contribution in [2.45, 2.75) is 46.5 Å². The van der Waals surface area contributed by atoms with Gasteiger partial charge < -0.3 is 15.8 Å². The monoisotopic (exact) mass is 292 g/mol. The lowest BCUT2D eigenvalue weighted by Crippen LogP contribution is -2.42. The Kier molecular flexibility index (Phi) is 7.23. The number of carbonyl (C=O) groups excluding carboxylic acids is 1. The van der Waals surface area contributed by atoms with E-state index in [1.54, 1.807) is 0 Å². The highest BCUT2D eigenvalue weighted by Gasteiger charge is 2.35. The second-order valence-corrected chi connectivity index (χ2v) is 5.37. The van der Waals surface area contributed by atoms with Gasteiger partial charge in [0.1, 0.15) is 5.75 Å². The lowest BCUT2D eigenvalue weighted by molar-refractivity contribution is -0.126. The molecular weight excluding hydrogens is 264 g/mol. The minimum absolute atomic E-state index is 0.000790. The molecule has 0 aromatic heterocycles. The van der Waals surface area contributed by atoms with Gasteiger partial charge in [0, 0.05) is 6.54 Å². The number of carbonyl (C=O) groups is 1. The molecule has 0 atom stereocenters.